The monoisotopic (exact) mass is 472 g/mol. The molecule has 5 heterocycles. The van der Waals surface area contributed by atoms with E-state index in [0.717, 1.165) is 6.42 Å². The summed E-state index contributed by atoms with van der Waals surface area (Å²) in [5.74, 6) is -2.48. The molecule has 4 fully saturated rings. The largest absolute Gasteiger partial charge is 0.468 e. The van der Waals surface area contributed by atoms with Crippen molar-refractivity contribution in [1.29, 1.82) is 0 Å². The number of methoxy groups -OCH3 is 1. The van der Waals surface area contributed by atoms with Crippen molar-refractivity contribution in [2.75, 3.05) is 18.6 Å². The molecule has 0 unspecified atom stereocenters. The van der Waals surface area contributed by atoms with E-state index in [4.69, 9.17) is 9.47 Å². The van der Waals surface area contributed by atoms with E-state index in [-0.39, 0.29) is 17.7 Å². The second-order valence-corrected chi connectivity index (χ2v) is 10.4. The number of hydrogen-bond acceptors (Lipinski definition) is 6. The van der Waals surface area contributed by atoms with Gasteiger partial charge in [-0.15, -0.1) is 0 Å². The zero-order chi connectivity index (χ0) is 21.1. The minimum Gasteiger partial charge on any atom is -0.468 e. The number of hydrogen-bond donors (Lipinski definition) is 0. The molecule has 0 aromatic heterocycles. The Balaban J connectivity index is 1.52. The van der Waals surface area contributed by atoms with Crippen molar-refractivity contribution in [2.24, 2.45) is 17.8 Å². The fraction of sp³-hybridized carbons (Fsp3) is 0.500. The molecule has 2 bridgehead atoms. The number of benzene rings is 1. The van der Waals surface area contributed by atoms with Crippen LogP contribution in [0.15, 0.2) is 42.5 Å². The quantitative estimate of drug-likeness (QED) is 0.283. The Morgan fingerprint density at radius 3 is 2.60 bits per heavy atom. The number of carbonyl (C=O) groups is 3. The highest BCUT2D eigenvalue weighted by molar-refractivity contribution is 9.10. The van der Waals surface area contributed by atoms with Crippen molar-refractivity contribution in [1.82, 2.24) is 4.90 Å². The Kier molecular flexibility index (Phi) is 3.50. The van der Waals surface area contributed by atoms with Crippen molar-refractivity contribution in [3.05, 3.63) is 42.5 Å². The second kappa shape index (κ2) is 5.60. The highest BCUT2D eigenvalue weighted by Crippen LogP contribution is 2.65. The Hall–Kier alpha value is -2.03. The number of ether oxygens (including phenoxy) is 2. The number of anilines is 1. The van der Waals surface area contributed by atoms with Crippen LogP contribution in [0.5, 0.6) is 0 Å². The van der Waals surface area contributed by atoms with Crippen LogP contribution in [0.4, 0.5) is 5.69 Å². The number of imide groups is 1. The topological polar surface area (TPSA) is 76.2 Å². The summed E-state index contributed by atoms with van der Waals surface area (Å²) in [5.41, 5.74) is -1.40. The normalized spacial score (nSPS) is 45.8. The van der Waals surface area contributed by atoms with Crippen molar-refractivity contribution in [3.8, 4) is 0 Å². The molecule has 5 aliphatic heterocycles. The smallest absolute Gasteiger partial charge is 0.326 e. The van der Waals surface area contributed by atoms with Crippen molar-refractivity contribution in [2.45, 2.75) is 35.0 Å². The van der Waals surface area contributed by atoms with Crippen molar-refractivity contribution >= 4 is 39.4 Å². The summed E-state index contributed by atoms with van der Waals surface area (Å²) >= 11 is 3.67. The standard InChI is InChI=1S/C22H21BrN2O5/c1-20(19(28)29-2)15-14(17(26)25(18(15)27)13-6-4-3-5-7-13)16-22-9-8-21(23,30-22)10-12(22)11-24(16)20/h3-9,12,14-16H,10-11H2,1-2H3/t12-,14+,15+,16-,20+,21+,22-/m1/s1. The number of esters is 1. The van der Waals surface area contributed by atoms with Crippen LogP contribution in [-0.2, 0) is 23.9 Å². The molecule has 4 saturated heterocycles. The first-order valence-electron chi connectivity index (χ1n) is 10.1. The van der Waals surface area contributed by atoms with Crippen molar-refractivity contribution in [3.63, 3.8) is 0 Å². The van der Waals surface area contributed by atoms with Gasteiger partial charge in [0.25, 0.3) is 0 Å². The molecule has 0 N–H and O–H groups in total. The van der Waals surface area contributed by atoms with Crippen LogP contribution in [0.3, 0.4) is 0 Å². The van der Waals surface area contributed by atoms with Crippen LogP contribution in [-0.4, -0.2) is 58.0 Å². The third kappa shape index (κ3) is 1.91. The Morgan fingerprint density at radius 2 is 1.93 bits per heavy atom. The van der Waals surface area contributed by atoms with Crippen LogP contribution in [0.25, 0.3) is 0 Å². The maximum atomic E-state index is 13.7. The maximum absolute atomic E-state index is 13.7. The van der Waals surface area contributed by atoms with Crippen LogP contribution in [0.1, 0.15) is 13.3 Å². The summed E-state index contributed by atoms with van der Waals surface area (Å²) in [4.78, 5) is 43.7. The molecule has 1 aromatic rings. The highest BCUT2D eigenvalue weighted by Gasteiger charge is 2.80. The van der Waals surface area contributed by atoms with E-state index < -0.39 is 39.5 Å². The van der Waals surface area contributed by atoms with E-state index in [1.165, 1.54) is 12.0 Å². The van der Waals surface area contributed by atoms with Crippen LogP contribution in [0, 0.1) is 17.8 Å². The second-order valence-electron chi connectivity index (χ2n) is 9.06. The fourth-order valence-corrected chi connectivity index (χ4v) is 7.46. The minimum absolute atomic E-state index is 0.130. The number of rotatable bonds is 2. The van der Waals surface area contributed by atoms with Gasteiger partial charge in [-0.2, -0.15) is 0 Å². The van der Waals surface area contributed by atoms with E-state index in [0.29, 0.717) is 12.2 Å². The average Bonchev–Trinajstić information content (AvgIpc) is 3.45. The van der Waals surface area contributed by atoms with E-state index in [9.17, 15) is 14.4 Å². The molecule has 1 spiro atoms. The van der Waals surface area contributed by atoms with E-state index in [1.54, 1.807) is 31.2 Å². The van der Waals surface area contributed by atoms with E-state index >= 15 is 0 Å². The Labute approximate surface area is 182 Å². The van der Waals surface area contributed by atoms with Crippen LogP contribution < -0.4 is 4.90 Å². The van der Waals surface area contributed by atoms with Crippen molar-refractivity contribution < 1.29 is 23.9 Å². The third-order valence-corrected chi connectivity index (χ3v) is 8.57. The van der Waals surface area contributed by atoms with Gasteiger partial charge in [0, 0.05) is 12.5 Å². The summed E-state index contributed by atoms with van der Waals surface area (Å²) in [6, 6.07) is 8.50. The molecule has 156 valence electrons. The first-order chi connectivity index (χ1) is 14.3. The number of fused-ring (bicyclic) bond motifs is 4. The van der Waals surface area contributed by atoms with Gasteiger partial charge < -0.3 is 9.47 Å². The van der Waals surface area contributed by atoms with Gasteiger partial charge in [0.1, 0.15) is 15.7 Å². The molecular weight excluding hydrogens is 452 g/mol. The molecule has 0 aliphatic carbocycles. The molecule has 1 aromatic carbocycles. The van der Waals surface area contributed by atoms with Gasteiger partial charge in [0.2, 0.25) is 11.8 Å². The number of amides is 2. The van der Waals surface area contributed by atoms with Gasteiger partial charge in [0.05, 0.1) is 30.7 Å². The predicted octanol–water partition coefficient (Wildman–Crippen LogP) is 1.86. The van der Waals surface area contributed by atoms with Crippen LogP contribution >= 0.6 is 15.9 Å². The Bertz CT molecular complexity index is 1030. The summed E-state index contributed by atoms with van der Waals surface area (Å²) < 4.78 is 11.1. The molecule has 5 aliphatic rings. The fourth-order valence-electron chi connectivity index (χ4n) is 6.66. The first-order valence-corrected chi connectivity index (χ1v) is 10.9. The maximum Gasteiger partial charge on any atom is 0.326 e. The number of halogens is 1. The number of alkyl halides is 1. The summed E-state index contributed by atoms with van der Waals surface area (Å²) in [6.07, 6.45) is 4.78. The SMILES string of the molecule is COC(=O)[C@]1(C)[C@@H]2C(=O)N(c3ccccc3)C(=O)[C@@H]2[C@H]2N1C[C@H]1C[C@]3(Br)C=C[C@@]12O3. The Morgan fingerprint density at radius 1 is 1.20 bits per heavy atom. The average molecular weight is 473 g/mol. The van der Waals surface area contributed by atoms with Gasteiger partial charge >= 0.3 is 5.97 Å². The van der Waals surface area contributed by atoms with E-state index in [2.05, 4.69) is 15.9 Å². The zero-order valence-electron chi connectivity index (χ0n) is 16.6. The van der Waals surface area contributed by atoms with Gasteiger partial charge in [-0.1, -0.05) is 24.3 Å². The summed E-state index contributed by atoms with van der Waals surface area (Å²) in [5, 5.41) is 0. The minimum atomic E-state index is -1.23. The number of para-hydroxylation sites is 1. The molecule has 7 nitrogen and oxygen atoms in total. The van der Waals surface area contributed by atoms with Gasteiger partial charge in [-0.05, 0) is 47.5 Å². The third-order valence-electron chi connectivity index (χ3n) is 7.82. The number of nitrogens with zero attached hydrogens (tertiary/aromatic N) is 2. The summed E-state index contributed by atoms with van der Waals surface area (Å²) in [6.45, 7) is 2.32. The van der Waals surface area contributed by atoms with E-state index in [1.807, 2.05) is 23.1 Å². The lowest BCUT2D eigenvalue weighted by Crippen LogP contribution is -2.57. The van der Waals surface area contributed by atoms with Crippen LogP contribution in [0.2, 0.25) is 0 Å². The molecule has 2 amide bonds. The molecule has 6 rings (SSSR count). The number of carbonyl (C=O) groups excluding carboxylic acids is 3. The zero-order valence-corrected chi connectivity index (χ0v) is 18.2. The predicted molar refractivity (Wildman–Crippen MR) is 110 cm³/mol. The lowest BCUT2D eigenvalue weighted by molar-refractivity contribution is -0.157. The lowest BCUT2D eigenvalue weighted by atomic mass is 9.73. The summed E-state index contributed by atoms with van der Waals surface area (Å²) in [7, 11) is 1.33. The molecule has 7 atom stereocenters. The lowest BCUT2D eigenvalue weighted by Gasteiger charge is -2.37. The first kappa shape index (κ1) is 18.7. The van der Waals surface area contributed by atoms with Gasteiger partial charge in [-0.3, -0.25) is 19.3 Å². The molecule has 0 radical (unpaired) electrons. The molecule has 8 heteroatoms. The molecule has 30 heavy (non-hydrogen) atoms. The van der Waals surface area contributed by atoms with Gasteiger partial charge in [0.15, 0.2) is 0 Å². The molecular formula is C22H21BrN2O5. The molecule has 0 saturated carbocycles. The highest BCUT2D eigenvalue weighted by atomic mass is 79.9. The van der Waals surface area contributed by atoms with Gasteiger partial charge in [-0.25, -0.2) is 4.90 Å².